The Morgan fingerprint density at radius 3 is 2.53 bits per heavy atom. The lowest BCUT2D eigenvalue weighted by atomic mass is 10.3. The molecule has 0 aliphatic heterocycles. The summed E-state index contributed by atoms with van der Waals surface area (Å²) in [5.74, 6) is 0. The molecule has 0 aliphatic carbocycles. The molecule has 15 heavy (non-hydrogen) atoms. The number of hydrogen-bond acceptors (Lipinski definition) is 1. The minimum atomic E-state index is 1.00. The van der Waals surface area contributed by atoms with E-state index < -0.39 is 0 Å². The lowest BCUT2D eigenvalue weighted by Gasteiger charge is -1.91. The summed E-state index contributed by atoms with van der Waals surface area (Å²) < 4.78 is 2.09. The second kappa shape index (κ2) is 4.13. The van der Waals surface area contributed by atoms with Crippen LogP contribution in [0.3, 0.4) is 0 Å². The molecule has 0 aliphatic rings. The summed E-state index contributed by atoms with van der Waals surface area (Å²) in [6.45, 7) is 4.00. The van der Waals surface area contributed by atoms with Gasteiger partial charge in [-0.3, -0.25) is 4.40 Å². The topological polar surface area (TPSA) is 17.3 Å². The average Bonchev–Trinajstić information content (AvgIpc) is 2.70. The highest BCUT2D eigenvalue weighted by Gasteiger charge is 2.00. The quantitative estimate of drug-likeness (QED) is 0.540. The van der Waals surface area contributed by atoms with Gasteiger partial charge in [0.1, 0.15) is 5.65 Å². The van der Waals surface area contributed by atoms with E-state index in [0.717, 1.165) is 16.7 Å². The average molecular weight is 198 g/mol. The smallest absolute Gasteiger partial charge is 0.137 e. The van der Waals surface area contributed by atoms with Crippen molar-refractivity contribution in [1.29, 1.82) is 0 Å². The van der Waals surface area contributed by atoms with Crippen molar-refractivity contribution in [2.75, 3.05) is 0 Å². The van der Waals surface area contributed by atoms with E-state index in [0.29, 0.717) is 0 Å². The number of para-hydroxylation sites is 2. The standard InChI is InChI=1S/C11H8N2.C2H6/c1-2-6-10-9(5-1)12-11-7-3-4-8-13(10)11;1-2/h1-8H;1-2H3. The fraction of sp³-hybridized carbons (Fsp3) is 0.154. The Morgan fingerprint density at radius 2 is 1.67 bits per heavy atom. The molecule has 2 aromatic heterocycles. The molecule has 2 nitrogen and oxygen atoms in total. The molecule has 3 aromatic rings. The summed E-state index contributed by atoms with van der Waals surface area (Å²) in [4.78, 5) is 4.48. The minimum absolute atomic E-state index is 1.00. The molecule has 0 N–H and O–H groups in total. The van der Waals surface area contributed by atoms with Crippen molar-refractivity contribution >= 4 is 16.7 Å². The van der Waals surface area contributed by atoms with Gasteiger partial charge in [-0.25, -0.2) is 4.98 Å². The summed E-state index contributed by atoms with van der Waals surface area (Å²) in [5.41, 5.74) is 3.22. The molecule has 0 bridgehead atoms. The first-order chi connectivity index (χ1) is 7.45. The van der Waals surface area contributed by atoms with E-state index >= 15 is 0 Å². The first-order valence-electron chi connectivity index (χ1n) is 5.27. The summed E-state index contributed by atoms with van der Waals surface area (Å²) in [6, 6.07) is 14.2. The molecule has 3 rings (SSSR count). The van der Waals surface area contributed by atoms with Crippen LogP contribution in [0.25, 0.3) is 16.7 Å². The SMILES string of the molecule is CC.c1ccc2c(c1)nc1ccccn12. The van der Waals surface area contributed by atoms with E-state index in [1.165, 1.54) is 0 Å². The second-order valence-electron chi connectivity index (χ2n) is 3.03. The van der Waals surface area contributed by atoms with Crippen molar-refractivity contribution in [3.05, 3.63) is 48.7 Å². The highest BCUT2D eigenvalue weighted by molar-refractivity contribution is 5.80. The van der Waals surface area contributed by atoms with E-state index in [4.69, 9.17) is 0 Å². The number of aromatic nitrogens is 2. The Kier molecular flexibility index (Phi) is 2.68. The highest BCUT2D eigenvalue weighted by Crippen LogP contribution is 2.14. The van der Waals surface area contributed by atoms with Gasteiger partial charge in [0.05, 0.1) is 11.0 Å². The summed E-state index contributed by atoms with van der Waals surface area (Å²) >= 11 is 0. The maximum atomic E-state index is 4.48. The van der Waals surface area contributed by atoms with Gasteiger partial charge in [0.2, 0.25) is 0 Å². The monoisotopic (exact) mass is 198 g/mol. The summed E-state index contributed by atoms with van der Waals surface area (Å²) in [6.07, 6.45) is 2.03. The van der Waals surface area contributed by atoms with Gasteiger partial charge in [-0.1, -0.05) is 32.0 Å². The van der Waals surface area contributed by atoms with E-state index in [1.54, 1.807) is 0 Å². The lowest BCUT2D eigenvalue weighted by molar-refractivity contribution is 1.23. The maximum Gasteiger partial charge on any atom is 0.137 e. The van der Waals surface area contributed by atoms with Crippen LogP contribution in [-0.4, -0.2) is 9.38 Å². The maximum absolute atomic E-state index is 4.48. The molecule has 0 saturated carbocycles. The number of pyridine rings is 1. The van der Waals surface area contributed by atoms with Gasteiger partial charge >= 0.3 is 0 Å². The first-order valence-corrected chi connectivity index (χ1v) is 5.27. The van der Waals surface area contributed by atoms with Crippen molar-refractivity contribution in [2.24, 2.45) is 0 Å². The van der Waals surface area contributed by atoms with Crippen LogP contribution in [0.5, 0.6) is 0 Å². The number of rotatable bonds is 0. The zero-order chi connectivity index (χ0) is 10.7. The molecule has 2 heterocycles. The molecule has 0 saturated heterocycles. The second-order valence-corrected chi connectivity index (χ2v) is 3.03. The molecule has 0 atom stereocenters. The van der Waals surface area contributed by atoms with Crippen molar-refractivity contribution < 1.29 is 0 Å². The van der Waals surface area contributed by atoms with E-state index in [-0.39, 0.29) is 0 Å². The zero-order valence-electron chi connectivity index (χ0n) is 9.01. The Labute approximate surface area is 89.2 Å². The molecule has 0 amide bonds. The van der Waals surface area contributed by atoms with Crippen molar-refractivity contribution in [1.82, 2.24) is 9.38 Å². The predicted octanol–water partition coefficient (Wildman–Crippen LogP) is 3.51. The van der Waals surface area contributed by atoms with Crippen molar-refractivity contribution in [3.8, 4) is 0 Å². The van der Waals surface area contributed by atoms with Crippen LogP contribution < -0.4 is 0 Å². The van der Waals surface area contributed by atoms with Gasteiger partial charge < -0.3 is 0 Å². The van der Waals surface area contributed by atoms with Crippen LogP contribution in [0.2, 0.25) is 0 Å². The van der Waals surface area contributed by atoms with Crippen LogP contribution in [0.4, 0.5) is 0 Å². The summed E-state index contributed by atoms with van der Waals surface area (Å²) in [7, 11) is 0. The Balaban J connectivity index is 0.000000404. The largest absolute Gasteiger partial charge is 0.300 e. The fourth-order valence-corrected chi connectivity index (χ4v) is 1.61. The van der Waals surface area contributed by atoms with Crippen LogP contribution in [0.15, 0.2) is 48.7 Å². The molecule has 0 radical (unpaired) electrons. The number of fused-ring (bicyclic) bond motifs is 3. The van der Waals surface area contributed by atoms with Crippen LogP contribution in [0.1, 0.15) is 13.8 Å². The van der Waals surface area contributed by atoms with E-state index in [9.17, 15) is 0 Å². The van der Waals surface area contributed by atoms with Crippen molar-refractivity contribution in [3.63, 3.8) is 0 Å². The Morgan fingerprint density at radius 1 is 0.933 bits per heavy atom. The number of benzene rings is 1. The molecular weight excluding hydrogens is 184 g/mol. The highest BCUT2D eigenvalue weighted by atomic mass is 15.0. The number of hydrogen-bond donors (Lipinski definition) is 0. The first kappa shape index (κ1) is 9.71. The third kappa shape index (κ3) is 1.59. The van der Waals surface area contributed by atoms with E-state index in [2.05, 4.69) is 15.5 Å². The third-order valence-corrected chi connectivity index (χ3v) is 2.21. The van der Waals surface area contributed by atoms with Gasteiger partial charge in [0, 0.05) is 6.20 Å². The predicted molar refractivity (Wildman–Crippen MR) is 64.0 cm³/mol. The molecule has 0 spiro atoms. The van der Waals surface area contributed by atoms with Crippen LogP contribution in [-0.2, 0) is 0 Å². The third-order valence-electron chi connectivity index (χ3n) is 2.21. The van der Waals surface area contributed by atoms with E-state index in [1.807, 2.05) is 56.4 Å². The molecule has 76 valence electrons. The Hall–Kier alpha value is -1.83. The van der Waals surface area contributed by atoms with Gasteiger partial charge in [-0.2, -0.15) is 0 Å². The van der Waals surface area contributed by atoms with Crippen LogP contribution >= 0.6 is 0 Å². The fourth-order valence-electron chi connectivity index (χ4n) is 1.61. The lowest BCUT2D eigenvalue weighted by Crippen LogP contribution is -1.80. The van der Waals surface area contributed by atoms with Gasteiger partial charge in [0.15, 0.2) is 0 Å². The number of nitrogens with zero attached hydrogens (tertiary/aromatic N) is 2. The number of imidazole rings is 1. The molecule has 2 heteroatoms. The zero-order valence-corrected chi connectivity index (χ0v) is 9.01. The van der Waals surface area contributed by atoms with Crippen molar-refractivity contribution in [2.45, 2.75) is 13.8 Å². The minimum Gasteiger partial charge on any atom is -0.300 e. The van der Waals surface area contributed by atoms with Gasteiger partial charge in [-0.05, 0) is 24.3 Å². The molecular formula is C13H14N2. The molecule has 0 fully saturated rings. The molecule has 1 aromatic carbocycles. The Bertz CT molecular complexity index is 516. The summed E-state index contributed by atoms with van der Waals surface area (Å²) in [5, 5.41) is 0. The van der Waals surface area contributed by atoms with Crippen LogP contribution in [0, 0.1) is 0 Å². The van der Waals surface area contributed by atoms with Gasteiger partial charge in [0.25, 0.3) is 0 Å². The van der Waals surface area contributed by atoms with Gasteiger partial charge in [-0.15, -0.1) is 0 Å². The normalized spacial score (nSPS) is 10.0. The molecule has 0 unspecified atom stereocenters.